The van der Waals surface area contributed by atoms with Gasteiger partial charge in [-0.1, -0.05) is 65.7 Å². The summed E-state index contributed by atoms with van der Waals surface area (Å²) in [6.45, 7) is 0. The van der Waals surface area contributed by atoms with Crippen LogP contribution in [-0.2, 0) is 14.4 Å². The van der Waals surface area contributed by atoms with E-state index in [0.29, 0.717) is 22.0 Å². The lowest BCUT2D eigenvalue weighted by molar-refractivity contribution is -0.126. The lowest BCUT2D eigenvalue weighted by Gasteiger charge is -2.29. The number of carbonyl (C=O) groups excluding carboxylic acids is 2. The minimum atomic E-state index is -1.00. The van der Waals surface area contributed by atoms with Crippen molar-refractivity contribution < 1.29 is 14.4 Å². The average molecular weight is 490 g/mol. The molecule has 2 aliphatic rings. The van der Waals surface area contributed by atoms with E-state index >= 15 is 0 Å². The van der Waals surface area contributed by atoms with Gasteiger partial charge in [0, 0.05) is 16.0 Å². The summed E-state index contributed by atoms with van der Waals surface area (Å²) in [5, 5.41) is 3.18. The summed E-state index contributed by atoms with van der Waals surface area (Å²) in [6, 6.07) is 24.9. The Morgan fingerprint density at radius 1 is 0.794 bits per heavy atom. The van der Waals surface area contributed by atoms with Crippen molar-refractivity contribution >= 4 is 57.3 Å². The molecule has 1 aromatic heterocycles. The van der Waals surface area contributed by atoms with Gasteiger partial charge >= 0.3 is 0 Å². The highest BCUT2D eigenvalue weighted by Gasteiger charge is 2.60. The third-order valence-electron chi connectivity index (χ3n) is 6.22. The number of rotatable bonds is 3. The summed E-state index contributed by atoms with van der Waals surface area (Å²) < 4.78 is 0. The third-order valence-corrected chi connectivity index (χ3v) is 6.75. The first-order chi connectivity index (χ1) is 16.5. The number of nitrogens with zero attached hydrogens (tertiary/aromatic N) is 3. The number of carbonyl (C=O) groups is 2. The predicted octanol–water partition coefficient (Wildman–Crippen LogP) is 5.59. The standard InChI is InChI=1S/C26H17Cl2N3O3/c27-16-8-6-11-18(14-16)30-25(32)21-22(19-13-15-7-4-5-12-20(15)29-24(19)28)31(34-23(21)26(30)33)17-9-2-1-3-10-17/h1-14,21-23H/t21-,22-,23-/m0/s1. The van der Waals surface area contributed by atoms with Crippen LogP contribution in [0.2, 0.25) is 10.2 Å². The van der Waals surface area contributed by atoms with Gasteiger partial charge in [0.2, 0.25) is 5.91 Å². The Morgan fingerprint density at radius 2 is 1.53 bits per heavy atom. The zero-order chi connectivity index (χ0) is 23.4. The van der Waals surface area contributed by atoms with E-state index in [1.54, 1.807) is 29.3 Å². The predicted molar refractivity (Wildman–Crippen MR) is 131 cm³/mol. The van der Waals surface area contributed by atoms with Gasteiger partial charge in [0.1, 0.15) is 11.1 Å². The monoisotopic (exact) mass is 489 g/mol. The number of benzene rings is 3. The van der Waals surface area contributed by atoms with Gasteiger partial charge in [0.15, 0.2) is 6.10 Å². The molecular formula is C26H17Cl2N3O3. The van der Waals surface area contributed by atoms with Crippen LogP contribution in [-0.4, -0.2) is 22.9 Å². The molecule has 0 radical (unpaired) electrons. The molecule has 0 aliphatic carbocycles. The first kappa shape index (κ1) is 21.1. The van der Waals surface area contributed by atoms with Gasteiger partial charge in [0.25, 0.3) is 5.91 Å². The number of anilines is 2. The molecule has 4 aromatic rings. The van der Waals surface area contributed by atoms with Crippen LogP contribution in [0, 0.1) is 5.92 Å². The van der Waals surface area contributed by atoms with Crippen molar-refractivity contribution in [1.29, 1.82) is 0 Å². The fraction of sp³-hybridized carbons (Fsp3) is 0.115. The Morgan fingerprint density at radius 3 is 2.32 bits per heavy atom. The Balaban J connectivity index is 1.50. The highest BCUT2D eigenvalue weighted by molar-refractivity contribution is 6.32. The number of hydrogen-bond acceptors (Lipinski definition) is 5. The molecule has 6 nitrogen and oxygen atoms in total. The lowest BCUT2D eigenvalue weighted by atomic mass is 9.90. The number of aromatic nitrogens is 1. The van der Waals surface area contributed by atoms with E-state index in [1.807, 2.05) is 60.7 Å². The van der Waals surface area contributed by atoms with Gasteiger partial charge in [-0.3, -0.25) is 14.4 Å². The molecule has 2 amide bonds. The average Bonchev–Trinajstić information content (AvgIpc) is 3.35. The van der Waals surface area contributed by atoms with E-state index < -0.39 is 24.0 Å². The molecule has 3 aromatic carbocycles. The van der Waals surface area contributed by atoms with Gasteiger partial charge < -0.3 is 0 Å². The van der Waals surface area contributed by atoms with Crippen molar-refractivity contribution in [3.8, 4) is 0 Å². The fourth-order valence-corrected chi connectivity index (χ4v) is 5.16. The first-order valence-electron chi connectivity index (χ1n) is 10.7. The molecule has 0 unspecified atom stereocenters. The molecule has 3 atom stereocenters. The Bertz CT molecular complexity index is 1450. The van der Waals surface area contributed by atoms with Crippen LogP contribution in [0.3, 0.4) is 0 Å². The van der Waals surface area contributed by atoms with E-state index in [1.165, 1.54) is 0 Å². The number of fused-ring (bicyclic) bond motifs is 2. The number of halogens is 2. The smallest absolute Gasteiger partial charge is 0.266 e. The number of pyridine rings is 1. The van der Waals surface area contributed by atoms with E-state index in [9.17, 15) is 9.59 Å². The van der Waals surface area contributed by atoms with Gasteiger partial charge in [0.05, 0.1) is 22.9 Å². The van der Waals surface area contributed by atoms with Crippen LogP contribution in [0.4, 0.5) is 11.4 Å². The van der Waals surface area contributed by atoms with Gasteiger partial charge in [-0.25, -0.2) is 14.9 Å². The zero-order valence-corrected chi connectivity index (χ0v) is 19.1. The number of hydrogen-bond donors (Lipinski definition) is 0. The Hall–Kier alpha value is -3.45. The topological polar surface area (TPSA) is 62.7 Å². The van der Waals surface area contributed by atoms with Crippen molar-refractivity contribution in [2.45, 2.75) is 12.1 Å². The molecule has 3 heterocycles. The van der Waals surface area contributed by atoms with E-state index in [-0.39, 0.29) is 11.1 Å². The molecule has 0 N–H and O–H groups in total. The molecule has 168 valence electrons. The number of amides is 2. The van der Waals surface area contributed by atoms with Crippen molar-refractivity contribution in [3.05, 3.63) is 101 Å². The second-order valence-electron chi connectivity index (χ2n) is 8.21. The number of para-hydroxylation sites is 2. The normalized spacial score (nSPS) is 22.0. The Labute approximate surface area is 205 Å². The highest BCUT2D eigenvalue weighted by Crippen LogP contribution is 2.49. The first-order valence-corrected chi connectivity index (χ1v) is 11.5. The van der Waals surface area contributed by atoms with Crippen molar-refractivity contribution in [1.82, 2.24) is 4.98 Å². The van der Waals surface area contributed by atoms with E-state index in [0.717, 1.165) is 15.8 Å². The largest absolute Gasteiger partial charge is 0.273 e. The van der Waals surface area contributed by atoms with Gasteiger partial charge in [-0.15, -0.1) is 0 Å². The second kappa shape index (κ2) is 8.09. The van der Waals surface area contributed by atoms with E-state index in [2.05, 4.69) is 4.98 Å². The van der Waals surface area contributed by atoms with Crippen LogP contribution in [0.5, 0.6) is 0 Å². The number of imide groups is 1. The zero-order valence-electron chi connectivity index (χ0n) is 17.6. The molecular weight excluding hydrogens is 473 g/mol. The van der Waals surface area contributed by atoms with Crippen LogP contribution in [0.15, 0.2) is 84.9 Å². The quantitative estimate of drug-likeness (QED) is 0.277. The van der Waals surface area contributed by atoms with Gasteiger partial charge in [-0.2, -0.15) is 0 Å². The minimum absolute atomic E-state index is 0.260. The highest BCUT2D eigenvalue weighted by atomic mass is 35.5. The van der Waals surface area contributed by atoms with E-state index in [4.69, 9.17) is 28.0 Å². The molecule has 2 aliphatic heterocycles. The molecule has 6 rings (SSSR count). The number of hydroxylamine groups is 1. The summed E-state index contributed by atoms with van der Waals surface area (Å²) >= 11 is 12.8. The molecule has 0 spiro atoms. The van der Waals surface area contributed by atoms with Crippen molar-refractivity contribution in [2.24, 2.45) is 5.92 Å². The summed E-state index contributed by atoms with van der Waals surface area (Å²) in [6.07, 6.45) is -1.00. The van der Waals surface area contributed by atoms with Crippen LogP contribution < -0.4 is 9.96 Å². The Kier molecular flexibility index (Phi) is 5.03. The van der Waals surface area contributed by atoms with Crippen LogP contribution >= 0.6 is 23.2 Å². The SMILES string of the molecule is O=C1[C@@H]2[C@H](ON(c3ccccc3)[C@H]2c2cc3ccccc3nc2Cl)C(=O)N1c1cccc(Cl)c1. The lowest BCUT2D eigenvalue weighted by Crippen LogP contribution is -2.37. The molecule has 2 fully saturated rings. The van der Waals surface area contributed by atoms with Gasteiger partial charge in [-0.05, 0) is 42.5 Å². The molecule has 0 bridgehead atoms. The van der Waals surface area contributed by atoms with Crippen molar-refractivity contribution in [3.63, 3.8) is 0 Å². The second-order valence-corrected chi connectivity index (χ2v) is 9.01. The fourth-order valence-electron chi connectivity index (χ4n) is 4.72. The summed E-state index contributed by atoms with van der Waals surface area (Å²) in [5.41, 5.74) is 2.48. The summed E-state index contributed by atoms with van der Waals surface area (Å²) in [4.78, 5) is 39.0. The maximum absolute atomic E-state index is 13.7. The summed E-state index contributed by atoms with van der Waals surface area (Å²) in [5.74, 6) is -1.62. The van der Waals surface area contributed by atoms with Crippen molar-refractivity contribution in [2.75, 3.05) is 9.96 Å². The molecule has 2 saturated heterocycles. The molecule has 0 saturated carbocycles. The van der Waals surface area contributed by atoms with Crippen LogP contribution in [0.1, 0.15) is 11.6 Å². The van der Waals surface area contributed by atoms with Crippen LogP contribution in [0.25, 0.3) is 10.9 Å². The minimum Gasteiger partial charge on any atom is -0.273 e. The molecule has 8 heteroatoms. The summed E-state index contributed by atoms with van der Waals surface area (Å²) in [7, 11) is 0. The maximum Gasteiger partial charge on any atom is 0.266 e. The maximum atomic E-state index is 13.7. The molecule has 34 heavy (non-hydrogen) atoms. The third kappa shape index (κ3) is 3.26.